The molecule has 0 aliphatic heterocycles. The minimum Gasteiger partial charge on any atom is -0.467 e. The van der Waals surface area contributed by atoms with Crippen LogP contribution in [0.4, 0.5) is 0 Å². The molecule has 1 N–H and O–H groups in total. The number of carbonyl (C=O) groups is 2. The standard InChI is InChI=1S/C16H22N4O3/c1-11(2)9-13(16(22)23-4)18-14(21)12-10-17-19(3)15(12)20-7-5-6-8-20/h5-8,10-11,13H,9H2,1-4H3,(H,18,21)/t13-/m0/s1. The fraction of sp³-hybridized carbons (Fsp3) is 0.438. The molecule has 2 aromatic rings. The third-order valence-corrected chi connectivity index (χ3v) is 3.50. The molecule has 7 heteroatoms. The number of nitrogens with one attached hydrogen (secondary N) is 1. The molecule has 2 heterocycles. The van der Waals surface area contributed by atoms with Crippen LogP contribution in [-0.2, 0) is 16.6 Å². The zero-order chi connectivity index (χ0) is 17.0. The fourth-order valence-corrected chi connectivity index (χ4v) is 2.44. The Bertz CT molecular complexity index is 674. The van der Waals surface area contributed by atoms with E-state index in [0.29, 0.717) is 17.8 Å². The average molecular weight is 318 g/mol. The number of nitrogens with zero attached hydrogens (tertiary/aromatic N) is 3. The van der Waals surface area contributed by atoms with E-state index in [1.807, 2.05) is 38.4 Å². The van der Waals surface area contributed by atoms with Gasteiger partial charge in [-0.2, -0.15) is 5.10 Å². The zero-order valence-electron chi connectivity index (χ0n) is 13.8. The molecule has 0 aromatic carbocycles. The van der Waals surface area contributed by atoms with Crippen LogP contribution >= 0.6 is 0 Å². The van der Waals surface area contributed by atoms with Crippen molar-refractivity contribution in [2.45, 2.75) is 26.3 Å². The molecule has 0 saturated carbocycles. The molecule has 0 bridgehead atoms. The van der Waals surface area contributed by atoms with Crippen LogP contribution in [0, 0.1) is 5.92 Å². The monoisotopic (exact) mass is 318 g/mol. The van der Waals surface area contributed by atoms with Gasteiger partial charge in [-0.3, -0.25) is 9.48 Å². The van der Waals surface area contributed by atoms with E-state index in [-0.39, 0.29) is 11.8 Å². The minimum atomic E-state index is -0.676. The molecule has 23 heavy (non-hydrogen) atoms. The highest BCUT2D eigenvalue weighted by Crippen LogP contribution is 2.15. The van der Waals surface area contributed by atoms with E-state index in [1.165, 1.54) is 13.3 Å². The zero-order valence-corrected chi connectivity index (χ0v) is 13.8. The fourth-order valence-electron chi connectivity index (χ4n) is 2.44. The van der Waals surface area contributed by atoms with Crippen LogP contribution < -0.4 is 5.32 Å². The Balaban J connectivity index is 2.25. The largest absolute Gasteiger partial charge is 0.467 e. The van der Waals surface area contributed by atoms with Crippen LogP contribution in [0.3, 0.4) is 0 Å². The summed E-state index contributed by atoms with van der Waals surface area (Å²) in [5.41, 5.74) is 0.404. The van der Waals surface area contributed by atoms with Crippen LogP contribution in [-0.4, -0.2) is 39.4 Å². The number of ether oxygens (including phenoxy) is 1. The molecule has 0 unspecified atom stereocenters. The lowest BCUT2D eigenvalue weighted by Crippen LogP contribution is -2.42. The van der Waals surface area contributed by atoms with Crippen LogP contribution in [0.1, 0.15) is 30.6 Å². The maximum absolute atomic E-state index is 12.6. The van der Waals surface area contributed by atoms with Crippen molar-refractivity contribution in [1.29, 1.82) is 0 Å². The van der Waals surface area contributed by atoms with Gasteiger partial charge in [0.15, 0.2) is 0 Å². The van der Waals surface area contributed by atoms with Crippen molar-refractivity contribution < 1.29 is 14.3 Å². The van der Waals surface area contributed by atoms with Crippen LogP contribution in [0.15, 0.2) is 30.7 Å². The van der Waals surface area contributed by atoms with Crippen molar-refractivity contribution in [2.24, 2.45) is 13.0 Å². The van der Waals surface area contributed by atoms with E-state index in [1.54, 1.807) is 16.3 Å². The number of carbonyl (C=O) groups excluding carboxylic acids is 2. The third-order valence-electron chi connectivity index (χ3n) is 3.50. The van der Waals surface area contributed by atoms with Gasteiger partial charge in [-0.1, -0.05) is 13.8 Å². The summed E-state index contributed by atoms with van der Waals surface area (Å²) in [5.74, 6) is 0.0918. The van der Waals surface area contributed by atoms with E-state index < -0.39 is 12.0 Å². The molecule has 124 valence electrons. The Morgan fingerprint density at radius 3 is 2.52 bits per heavy atom. The number of hydrogen-bond acceptors (Lipinski definition) is 4. The van der Waals surface area contributed by atoms with E-state index in [4.69, 9.17) is 4.74 Å². The Hall–Kier alpha value is -2.57. The third kappa shape index (κ3) is 3.80. The van der Waals surface area contributed by atoms with Crippen molar-refractivity contribution >= 4 is 11.9 Å². The normalized spacial score (nSPS) is 12.2. The van der Waals surface area contributed by atoms with Gasteiger partial charge in [-0.15, -0.1) is 0 Å². The highest BCUT2D eigenvalue weighted by atomic mass is 16.5. The van der Waals surface area contributed by atoms with E-state index in [0.717, 1.165) is 0 Å². The molecule has 0 aliphatic rings. The molecular formula is C16H22N4O3. The van der Waals surface area contributed by atoms with Crippen LogP contribution in [0.2, 0.25) is 0 Å². The highest BCUT2D eigenvalue weighted by molar-refractivity contribution is 5.99. The van der Waals surface area contributed by atoms with E-state index >= 15 is 0 Å². The van der Waals surface area contributed by atoms with Crippen LogP contribution in [0.5, 0.6) is 0 Å². The average Bonchev–Trinajstić information content (AvgIpc) is 3.13. The molecular weight excluding hydrogens is 296 g/mol. The Kier molecular flexibility index (Phi) is 5.20. The highest BCUT2D eigenvalue weighted by Gasteiger charge is 2.25. The molecule has 2 aromatic heterocycles. The number of methoxy groups -OCH3 is 1. The predicted molar refractivity (Wildman–Crippen MR) is 85.3 cm³/mol. The lowest BCUT2D eigenvalue weighted by Gasteiger charge is -2.18. The quantitative estimate of drug-likeness (QED) is 0.819. The first kappa shape index (κ1) is 16.8. The molecule has 2 rings (SSSR count). The Labute approximate surface area is 135 Å². The lowest BCUT2D eigenvalue weighted by atomic mass is 10.0. The van der Waals surface area contributed by atoms with E-state index in [9.17, 15) is 9.59 Å². The van der Waals surface area contributed by atoms with Gasteiger partial charge in [0, 0.05) is 19.4 Å². The molecule has 1 atom stereocenters. The van der Waals surface area contributed by atoms with Crippen molar-refractivity contribution in [1.82, 2.24) is 19.7 Å². The second-order valence-electron chi connectivity index (χ2n) is 5.77. The molecule has 7 nitrogen and oxygen atoms in total. The molecule has 1 amide bonds. The Morgan fingerprint density at radius 2 is 1.96 bits per heavy atom. The van der Waals surface area contributed by atoms with Crippen LogP contribution in [0.25, 0.3) is 5.82 Å². The van der Waals surface area contributed by atoms with Gasteiger partial charge in [0.2, 0.25) is 0 Å². The van der Waals surface area contributed by atoms with Gasteiger partial charge in [0.1, 0.15) is 17.4 Å². The first-order valence-corrected chi connectivity index (χ1v) is 7.48. The number of rotatable bonds is 6. The Morgan fingerprint density at radius 1 is 1.30 bits per heavy atom. The van der Waals surface area contributed by atoms with Crippen molar-refractivity contribution in [3.63, 3.8) is 0 Å². The van der Waals surface area contributed by atoms with Crippen molar-refractivity contribution in [3.05, 3.63) is 36.3 Å². The summed E-state index contributed by atoms with van der Waals surface area (Å²) in [4.78, 5) is 24.5. The molecule has 0 saturated heterocycles. The summed E-state index contributed by atoms with van der Waals surface area (Å²) in [6.45, 7) is 3.97. The number of hydrogen-bond donors (Lipinski definition) is 1. The number of aryl methyl sites for hydroxylation is 1. The molecule has 0 radical (unpaired) electrons. The number of esters is 1. The first-order valence-electron chi connectivity index (χ1n) is 7.48. The maximum atomic E-state index is 12.6. The van der Waals surface area contributed by atoms with Gasteiger partial charge in [-0.05, 0) is 24.5 Å². The van der Waals surface area contributed by atoms with Crippen molar-refractivity contribution in [2.75, 3.05) is 7.11 Å². The van der Waals surface area contributed by atoms with Gasteiger partial charge in [0.25, 0.3) is 5.91 Å². The smallest absolute Gasteiger partial charge is 0.328 e. The molecule has 0 aliphatic carbocycles. The second kappa shape index (κ2) is 7.13. The SMILES string of the molecule is COC(=O)[C@H](CC(C)C)NC(=O)c1cnn(C)c1-n1cccc1. The van der Waals surface area contributed by atoms with Gasteiger partial charge < -0.3 is 14.6 Å². The second-order valence-corrected chi connectivity index (χ2v) is 5.77. The molecule has 0 spiro atoms. The lowest BCUT2D eigenvalue weighted by molar-refractivity contribution is -0.143. The minimum absolute atomic E-state index is 0.247. The summed E-state index contributed by atoms with van der Waals surface area (Å²) in [7, 11) is 3.08. The van der Waals surface area contributed by atoms with Crippen molar-refractivity contribution in [3.8, 4) is 5.82 Å². The number of amides is 1. The first-order chi connectivity index (χ1) is 10.9. The summed E-state index contributed by atoms with van der Waals surface area (Å²) in [6.07, 6.45) is 5.67. The summed E-state index contributed by atoms with van der Waals surface area (Å²) in [5, 5.41) is 6.90. The maximum Gasteiger partial charge on any atom is 0.328 e. The predicted octanol–water partition coefficient (Wildman–Crippen LogP) is 1.53. The summed E-state index contributed by atoms with van der Waals surface area (Å²) >= 11 is 0. The van der Waals surface area contributed by atoms with Gasteiger partial charge in [0.05, 0.1) is 13.3 Å². The topological polar surface area (TPSA) is 78.2 Å². The summed E-state index contributed by atoms with van der Waals surface area (Å²) in [6, 6.07) is 3.06. The van der Waals surface area contributed by atoms with E-state index in [2.05, 4.69) is 10.4 Å². The number of aromatic nitrogens is 3. The van der Waals surface area contributed by atoms with Gasteiger partial charge >= 0.3 is 5.97 Å². The molecule has 0 fully saturated rings. The van der Waals surface area contributed by atoms with Gasteiger partial charge in [-0.25, -0.2) is 4.79 Å². The summed E-state index contributed by atoms with van der Waals surface area (Å²) < 4.78 is 8.20.